The van der Waals surface area contributed by atoms with E-state index in [1.165, 1.54) is 0 Å². The molecule has 0 saturated carbocycles. The first-order chi connectivity index (χ1) is 12.8. The lowest BCUT2D eigenvalue weighted by Gasteiger charge is -2.16. The van der Waals surface area contributed by atoms with E-state index in [0.29, 0.717) is 0 Å². The van der Waals surface area contributed by atoms with Crippen molar-refractivity contribution >= 4 is 6.09 Å². The van der Waals surface area contributed by atoms with Crippen LogP contribution in [0.3, 0.4) is 0 Å². The van der Waals surface area contributed by atoms with E-state index in [4.69, 9.17) is 4.74 Å². The molecule has 1 aliphatic rings. The van der Waals surface area contributed by atoms with Gasteiger partial charge in [0.05, 0.1) is 6.20 Å². The van der Waals surface area contributed by atoms with Crippen LogP contribution in [0.5, 0.6) is 0 Å². The van der Waals surface area contributed by atoms with Gasteiger partial charge in [0.1, 0.15) is 6.04 Å². The van der Waals surface area contributed by atoms with E-state index in [-0.39, 0.29) is 6.04 Å². The summed E-state index contributed by atoms with van der Waals surface area (Å²) in [6, 6.07) is 13.0. The van der Waals surface area contributed by atoms with Crippen LogP contribution in [-0.4, -0.2) is 21.3 Å². The number of rotatable bonds is 2. The van der Waals surface area contributed by atoms with E-state index in [9.17, 15) is 4.79 Å². The van der Waals surface area contributed by atoms with Gasteiger partial charge < -0.3 is 10.1 Å². The molecule has 1 N–H and O–H groups in total. The van der Waals surface area contributed by atoms with Gasteiger partial charge in [-0.15, -0.1) is 0 Å². The number of hydrogen-bond donors (Lipinski definition) is 1. The predicted octanol–water partition coefficient (Wildman–Crippen LogP) is 2.79. The lowest BCUT2D eigenvalue weighted by atomic mass is 9.98. The molecule has 6 heteroatoms. The van der Waals surface area contributed by atoms with Crippen molar-refractivity contribution in [2.45, 2.75) is 12.1 Å². The molecule has 1 fully saturated rings. The topological polar surface area (TPSA) is 77.0 Å². The van der Waals surface area contributed by atoms with Crippen LogP contribution in [0.4, 0.5) is 4.79 Å². The van der Waals surface area contributed by atoms with E-state index in [1.54, 1.807) is 30.9 Å². The van der Waals surface area contributed by atoms with Crippen molar-refractivity contribution in [1.82, 2.24) is 20.5 Å². The summed E-state index contributed by atoms with van der Waals surface area (Å²) in [6.45, 7) is 0. The Hall–Kier alpha value is -3.72. The molecule has 2 aromatic heterocycles. The van der Waals surface area contributed by atoms with Gasteiger partial charge in [-0.1, -0.05) is 30.0 Å². The number of carbonyl (C=O) groups is 1. The number of ether oxygens (including phenoxy) is 1. The molecule has 0 bridgehead atoms. The summed E-state index contributed by atoms with van der Waals surface area (Å²) in [5.41, 5.74) is 3.27. The molecular weight excluding hydrogens is 328 g/mol. The Balaban J connectivity index is 1.63. The minimum absolute atomic E-state index is 0.363. The molecule has 3 heterocycles. The van der Waals surface area contributed by atoms with Crippen molar-refractivity contribution in [3.63, 3.8) is 0 Å². The second-order valence-electron chi connectivity index (χ2n) is 5.75. The molecule has 0 unspecified atom stereocenters. The number of hydrogen-bond acceptors (Lipinski definition) is 5. The maximum atomic E-state index is 11.8. The third-order valence-electron chi connectivity index (χ3n) is 3.99. The van der Waals surface area contributed by atoms with Gasteiger partial charge in [0, 0.05) is 35.3 Å². The average molecular weight is 342 g/mol. The Bertz CT molecular complexity index is 981. The Morgan fingerprint density at radius 1 is 0.923 bits per heavy atom. The Morgan fingerprint density at radius 2 is 1.77 bits per heavy atom. The van der Waals surface area contributed by atoms with Crippen molar-refractivity contribution < 1.29 is 9.53 Å². The SMILES string of the molecule is O=C1N[C@@H](c2cncc(C#Cc3ccccc3)c2)[C@@H](c2ccnnc2)O1. The number of carbonyl (C=O) groups excluding carboxylic acids is 1. The van der Waals surface area contributed by atoms with Crippen LogP contribution in [0, 0.1) is 11.8 Å². The third kappa shape index (κ3) is 3.37. The van der Waals surface area contributed by atoms with Gasteiger partial charge in [0.15, 0.2) is 6.10 Å². The summed E-state index contributed by atoms with van der Waals surface area (Å²) >= 11 is 0. The van der Waals surface area contributed by atoms with Crippen molar-refractivity contribution in [3.8, 4) is 11.8 Å². The summed E-state index contributed by atoms with van der Waals surface area (Å²) in [4.78, 5) is 16.0. The summed E-state index contributed by atoms with van der Waals surface area (Å²) < 4.78 is 5.40. The quantitative estimate of drug-likeness (QED) is 0.725. The highest BCUT2D eigenvalue weighted by Crippen LogP contribution is 2.35. The lowest BCUT2D eigenvalue weighted by molar-refractivity contribution is 0.132. The molecule has 0 aliphatic carbocycles. The van der Waals surface area contributed by atoms with Gasteiger partial charge in [-0.05, 0) is 29.8 Å². The zero-order chi connectivity index (χ0) is 17.8. The van der Waals surface area contributed by atoms with E-state index in [1.807, 2.05) is 36.4 Å². The molecule has 0 spiro atoms. The molecule has 1 aliphatic heterocycles. The maximum absolute atomic E-state index is 11.8. The number of alkyl carbamates (subject to hydrolysis) is 1. The van der Waals surface area contributed by atoms with Gasteiger partial charge in [0.25, 0.3) is 0 Å². The van der Waals surface area contributed by atoms with Gasteiger partial charge in [-0.25, -0.2) is 4.79 Å². The molecular formula is C20H14N4O2. The zero-order valence-corrected chi connectivity index (χ0v) is 13.7. The van der Waals surface area contributed by atoms with Crippen molar-refractivity contribution in [3.05, 3.63) is 89.5 Å². The van der Waals surface area contributed by atoms with Crippen LogP contribution in [0.15, 0.2) is 67.3 Å². The lowest BCUT2D eigenvalue weighted by Crippen LogP contribution is -2.20. The molecule has 26 heavy (non-hydrogen) atoms. The molecule has 126 valence electrons. The highest BCUT2D eigenvalue weighted by atomic mass is 16.6. The standard InChI is InChI=1S/C20H14N4O2/c25-20-24-18(19(26-20)16-8-9-22-23-13-16)17-10-15(11-21-12-17)7-6-14-4-2-1-3-5-14/h1-5,8-13,18-19H,(H,24,25)/t18-,19+/m0/s1. The molecule has 2 atom stereocenters. The third-order valence-corrected chi connectivity index (χ3v) is 3.99. The fraction of sp³-hybridized carbons (Fsp3) is 0.100. The van der Waals surface area contributed by atoms with E-state index in [0.717, 1.165) is 22.3 Å². The van der Waals surface area contributed by atoms with Crippen LogP contribution in [-0.2, 0) is 4.74 Å². The van der Waals surface area contributed by atoms with Crippen molar-refractivity contribution in [2.24, 2.45) is 0 Å². The molecule has 1 aromatic carbocycles. The number of cyclic esters (lactones) is 1. The van der Waals surface area contributed by atoms with Crippen LogP contribution >= 0.6 is 0 Å². The highest BCUT2D eigenvalue weighted by molar-refractivity contribution is 5.71. The highest BCUT2D eigenvalue weighted by Gasteiger charge is 2.36. The number of amides is 1. The number of nitrogens with zero attached hydrogens (tertiary/aromatic N) is 3. The largest absolute Gasteiger partial charge is 0.439 e. The molecule has 6 nitrogen and oxygen atoms in total. The second kappa shape index (κ2) is 7.03. The first-order valence-corrected chi connectivity index (χ1v) is 8.05. The summed E-state index contributed by atoms with van der Waals surface area (Å²) in [5.74, 6) is 6.21. The molecule has 1 amide bonds. The number of aromatic nitrogens is 3. The summed E-state index contributed by atoms with van der Waals surface area (Å²) in [5, 5.41) is 10.4. The van der Waals surface area contributed by atoms with Gasteiger partial charge in [-0.2, -0.15) is 10.2 Å². The summed E-state index contributed by atoms with van der Waals surface area (Å²) in [6.07, 6.45) is 5.59. The summed E-state index contributed by atoms with van der Waals surface area (Å²) in [7, 11) is 0. The zero-order valence-electron chi connectivity index (χ0n) is 13.7. The fourth-order valence-corrected chi connectivity index (χ4v) is 2.77. The van der Waals surface area contributed by atoms with Crippen LogP contribution in [0.25, 0.3) is 0 Å². The Labute approximate surface area is 150 Å². The normalized spacial score (nSPS) is 18.4. The minimum atomic E-state index is -0.489. The fourth-order valence-electron chi connectivity index (χ4n) is 2.77. The second-order valence-corrected chi connectivity index (χ2v) is 5.75. The predicted molar refractivity (Wildman–Crippen MR) is 93.8 cm³/mol. The van der Waals surface area contributed by atoms with Crippen molar-refractivity contribution in [1.29, 1.82) is 0 Å². The monoisotopic (exact) mass is 342 g/mol. The van der Waals surface area contributed by atoms with E-state index in [2.05, 4.69) is 32.3 Å². The smallest absolute Gasteiger partial charge is 0.408 e. The molecule has 4 rings (SSSR count). The molecule has 1 saturated heterocycles. The van der Waals surface area contributed by atoms with Crippen LogP contribution in [0.1, 0.15) is 34.4 Å². The van der Waals surface area contributed by atoms with Crippen molar-refractivity contribution in [2.75, 3.05) is 0 Å². The van der Waals surface area contributed by atoms with Gasteiger partial charge >= 0.3 is 6.09 Å². The van der Waals surface area contributed by atoms with E-state index >= 15 is 0 Å². The van der Waals surface area contributed by atoms with Gasteiger partial charge in [-0.3, -0.25) is 4.98 Å². The first-order valence-electron chi connectivity index (χ1n) is 8.05. The molecule has 0 radical (unpaired) electrons. The first kappa shape index (κ1) is 15.8. The Morgan fingerprint density at radius 3 is 2.58 bits per heavy atom. The van der Waals surface area contributed by atoms with Gasteiger partial charge in [0.2, 0.25) is 0 Å². The molecule has 3 aromatic rings. The average Bonchev–Trinajstić information content (AvgIpc) is 3.10. The van der Waals surface area contributed by atoms with Crippen LogP contribution in [0.2, 0.25) is 0 Å². The van der Waals surface area contributed by atoms with Crippen LogP contribution < -0.4 is 5.32 Å². The maximum Gasteiger partial charge on any atom is 0.408 e. The Kier molecular flexibility index (Phi) is 4.27. The minimum Gasteiger partial charge on any atom is -0.439 e. The number of benzene rings is 1. The van der Waals surface area contributed by atoms with E-state index < -0.39 is 12.2 Å². The number of nitrogens with one attached hydrogen (secondary N) is 1. The number of pyridine rings is 1.